The molecule has 20 heavy (non-hydrogen) atoms. The summed E-state index contributed by atoms with van der Waals surface area (Å²) in [5.74, 6) is 0.119. The fourth-order valence-electron chi connectivity index (χ4n) is 3.51. The summed E-state index contributed by atoms with van der Waals surface area (Å²) in [6, 6.07) is 8.62. The van der Waals surface area contributed by atoms with Gasteiger partial charge in [0, 0.05) is 19.1 Å². The molecule has 1 aliphatic carbocycles. The standard InChI is InChI=1S/C16H23N3O/c1-18-14-7-4-8-19(11-14)15(20)16(17)9-12-5-2-3-6-13(12)10-16/h2-3,5-6,14,18H,4,7-11,17H2,1H3/t14-/m1/s1. The van der Waals surface area contributed by atoms with Crippen LogP contribution in [0.1, 0.15) is 24.0 Å². The van der Waals surface area contributed by atoms with E-state index in [0.717, 1.165) is 25.9 Å². The van der Waals surface area contributed by atoms with Crippen molar-refractivity contribution in [3.05, 3.63) is 35.4 Å². The number of carbonyl (C=O) groups is 1. The Hall–Kier alpha value is -1.39. The van der Waals surface area contributed by atoms with Crippen LogP contribution in [0.2, 0.25) is 0 Å². The molecule has 108 valence electrons. The lowest BCUT2D eigenvalue weighted by Gasteiger charge is -2.37. The number of carbonyl (C=O) groups excluding carboxylic acids is 1. The number of likely N-dealkylation sites (tertiary alicyclic amines) is 1. The number of benzene rings is 1. The quantitative estimate of drug-likeness (QED) is 0.833. The number of rotatable bonds is 2. The SMILES string of the molecule is CN[C@@H]1CCCN(C(=O)C2(N)Cc3ccccc3C2)C1. The summed E-state index contributed by atoms with van der Waals surface area (Å²) in [7, 11) is 1.96. The predicted octanol–water partition coefficient (Wildman–Crippen LogP) is 0.693. The van der Waals surface area contributed by atoms with E-state index in [2.05, 4.69) is 17.4 Å². The summed E-state index contributed by atoms with van der Waals surface area (Å²) in [6.07, 6.45) is 3.53. The van der Waals surface area contributed by atoms with Gasteiger partial charge in [0.1, 0.15) is 5.54 Å². The van der Waals surface area contributed by atoms with Gasteiger partial charge in [0.2, 0.25) is 5.91 Å². The van der Waals surface area contributed by atoms with E-state index >= 15 is 0 Å². The summed E-state index contributed by atoms with van der Waals surface area (Å²) in [5, 5.41) is 3.27. The Morgan fingerprint density at radius 1 is 1.35 bits per heavy atom. The van der Waals surface area contributed by atoms with Crippen molar-refractivity contribution in [2.45, 2.75) is 37.3 Å². The molecule has 2 aliphatic rings. The molecule has 0 saturated carbocycles. The summed E-state index contributed by atoms with van der Waals surface area (Å²) < 4.78 is 0. The molecular formula is C16H23N3O. The fraction of sp³-hybridized carbons (Fsp3) is 0.562. The van der Waals surface area contributed by atoms with Gasteiger partial charge in [0.25, 0.3) is 0 Å². The molecule has 1 aromatic carbocycles. The number of hydrogen-bond donors (Lipinski definition) is 2. The Morgan fingerprint density at radius 2 is 2.00 bits per heavy atom. The van der Waals surface area contributed by atoms with Crippen LogP contribution >= 0.6 is 0 Å². The summed E-state index contributed by atoms with van der Waals surface area (Å²) >= 11 is 0. The number of piperidine rings is 1. The molecule has 1 saturated heterocycles. The van der Waals surface area contributed by atoms with E-state index < -0.39 is 5.54 Å². The van der Waals surface area contributed by atoms with Crippen molar-refractivity contribution in [1.29, 1.82) is 0 Å². The molecule has 0 spiro atoms. The normalized spacial score (nSPS) is 24.5. The minimum atomic E-state index is -0.737. The molecule has 0 unspecified atom stereocenters. The third-order valence-electron chi connectivity index (χ3n) is 4.67. The van der Waals surface area contributed by atoms with Crippen molar-refractivity contribution in [3.8, 4) is 0 Å². The Labute approximate surface area is 120 Å². The van der Waals surface area contributed by atoms with Gasteiger partial charge in [-0.25, -0.2) is 0 Å². The van der Waals surface area contributed by atoms with E-state index in [4.69, 9.17) is 5.73 Å². The first kappa shape index (κ1) is 13.6. The third-order valence-corrected chi connectivity index (χ3v) is 4.67. The number of nitrogens with one attached hydrogen (secondary N) is 1. The van der Waals surface area contributed by atoms with E-state index in [1.807, 2.05) is 24.1 Å². The summed E-state index contributed by atoms with van der Waals surface area (Å²) in [4.78, 5) is 14.8. The van der Waals surface area contributed by atoms with Crippen LogP contribution in [0.4, 0.5) is 0 Å². The first-order valence-corrected chi connectivity index (χ1v) is 7.45. The van der Waals surface area contributed by atoms with Crippen LogP contribution in [-0.4, -0.2) is 42.5 Å². The maximum absolute atomic E-state index is 12.8. The molecule has 3 rings (SSSR count). The second-order valence-corrected chi connectivity index (χ2v) is 6.16. The average Bonchev–Trinajstić information content (AvgIpc) is 2.84. The van der Waals surface area contributed by atoms with Gasteiger partial charge in [-0.3, -0.25) is 4.79 Å². The minimum Gasteiger partial charge on any atom is -0.340 e. The average molecular weight is 273 g/mol. The first-order valence-electron chi connectivity index (χ1n) is 7.45. The van der Waals surface area contributed by atoms with E-state index in [0.29, 0.717) is 18.9 Å². The van der Waals surface area contributed by atoms with Gasteiger partial charge in [-0.1, -0.05) is 24.3 Å². The first-order chi connectivity index (χ1) is 9.62. The molecule has 1 fully saturated rings. The maximum atomic E-state index is 12.8. The zero-order valence-electron chi connectivity index (χ0n) is 12.1. The maximum Gasteiger partial charge on any atom is 0.243 e. The highest BCUT2D eigenvalue weighted by atomic mass is 16.2. The number of amides is 1. The van der Waals surface area contributed by atoms with E-state index in [1.54, 1.807) is 0 Å². The highest BCUT2D eigenvalue weighted by Gasteiger charge is 2.43. The van der Waals surface area contributed by atoms with Crippen LogP contribution in [0.5, 0.6) is 0 Å². The fourth-order valence-corrected chi connectivity index (χ4v) is 3.51. The third kappa shape index (κ3) is 2.34. The summed E-state index contributed by atoms with van der Waals surface area (Å²) in [6.45, 7) is 1.62. The van der Waals surface area contributed by atoms with Crippen molar-refractivity contribution in [3.63, 3.8) is 0 Å². The number of nitrogens with zero attached hydrogens (tertiary/aromatic N) is 1. The topological polar surface area (TPSA) is 58.4 Å². The van der Waals surface area contributed by atoms with Crippen molar-refractivity contribution in [1.82, 2.24) is 10.2 Å². The molecule has 0 aromatic heterocycles. The monoisotopic (exact) mass is 273 g/mol. The van der Waals surface area contributed by atoms with Gasteiger partial charge < -0.3 is 16.0 Å². The number of fused-ring (bicyclic) bond motifs is 1. The number of likely N-dealkylation sites (N-methyl/N-ethyl adjacent to an activating group) is 1. The van der Waals surface area contributed by atoms with Crippen molar-refractivity contribution >= 4 is 5.91 Å². The molecule has 4 nitrogen and oxygen atoms in total. The predicted molar refractivity (Wildman–Crippen MR) is 79.4 cm³/mol. The minimum absolute atomic E-state index is 0.119. The summed E-state index contributed by atoms with van der Waals surface area (Å²) in [5.41, 5.74) is 8.18. The molecule has 1 aromatic rings. The smallest absolute Gasteiger partial charge is 0.243 e. The Balaban J connectivity index is 1.75. The molecule has 1 atom stereocenters. The van der Waals surface area contributed by atoms with Gasteiger partial charge >= 0.3 is 0 Å². The zero-order valence-corrected chi connectivity index (χ0v) is 12.1. The van der Waals surface area contributed by atoms with Crippen LogP contribution < -0.4 is 11.1 Å². The van der Waals surface area contributed by atoms with Crippen LogP contribution in [-0.2, 0) is 17.6 Å². The highest BCUT2D eigenvalue weighted by molar-refractivity contribution is 5.88. The molecule has 1 heterocycles. The van der Waals surface area contributed by atoms with Crippen LogP contribution in [0.15, 0.2) is 24.3 Å². The van der Waals surface area contributed by atoms with Crippen molar-refractivity contribution < 1.29 is 4.79 Å². The molecule has 3 N–H and O–H groups in total. The van der Waals surface area contributed by atoms with E-state index in [9.17, 15) is 4.79 Å². The second-order valence-electron chi connectivity index (χ2n) is 6.16. The molecule has 0 radical (unpaired) electrons. The van der Waals surface area contributed by atoms with Crippen LogP contribution in [0.25, 0.3) is 0 Å². The molecule has 4 heteroatoms. The number of nitrogens with two attached hydrogens (primary N) is 1. The largest absolute Gasteiger partial charge is 0.340 e. The number of hydrogen-bond acceptors (Lipinski definition) is 3. The Kier molecular flexibility index (Phi) is 3.52. The van der Waals surface area contributed by atoms with Crippen LogP contribution in [0, 0.1) is 0 Å². The Morgan fingerprint density at radius 3 is 2.60 bits per heavy atom. The van der Waals surface area contributed by atoms with E-state index in [1.165, 1.54) is 11.1 Å². The lowest BCUT2D eigenvalue weighted by atomic mass is 9.93. The molecular weight excluding hydrogens is 250 g/mol. The van der Waals surface area contributed by atoms with Gasteiger partial charge in [0.15, 0.2) is 0 Å². The van der Waals surface area contributed by atoms with Gasteiger partial charge in [-0.2, -0.15) is 0 Å². The lowest BCUT2D eigenvalue weighted by molar-refractivity contribution is -0.138. The lowest BCUT2D eigenvalue weighted by Crippen LogP contribution is -2.59. The molecule has 0 bridgehead atoms. The van der Waals surface area contributed by atoms with Gasteiger partial charge in [0.05, 0.1) is 0 Å². The van der Waals surface area contributed by atoms with Gasteiger partial charge in [-0.05, 0) is 43.9 Å². The molecule has 1 aliphatic heterocycles. The zero-order chi connectivity index (χ0) is 14.2. The molecule has 1 amide bonds. The van der Waals surface area contributed by atoms with Gasteiger partial charge in [-0.15, -0.1) is 0 Å². The highest BCUT2D eigenvalue weighted by Crippen LogP contribution is 2.30. The second kappa shape index (κ2) is 5.19. The van der Waals surface area contributed by atoms with E-state index in [-0.39, 0.29) is 5.91 Å². The van der Waals surface area contributed by atoms with Crippen molar-refractivity contribution in [2.75, 3.05) is 20.1 Å². The van der Waals surface area contributed by atoms with Crippen LogP contribution in [0.3, 0.4) is 0 Å². The van der Waals surface area contributed by atoms with Crippen molar-refractivity contribution in [2.24, 2.45) is 5.73 Å². The Bertz CT molecular complexity index is 489.